The van der Waals surface area contributed by atoms with Gasteiger partial charge in [-0.15, -0.1) is 0 Å². The Kier molecular flexibility index (Phi) is 11.1. The van der Waals surface area contributed by atoms with E-state index in [4.69, 9.17) is 9.47 Å². The predicted octanol–water partition coefficient (Wildman–Crippen LogP) is 8.22. The molecule has 0 amide bonds. The summed E-state index contributed by atoms with van der Waals surface area (Å²) in [6.07, 6.45) is 0. The van der Waals surface area contributed by atoms with E-state index < -0.39 is 0 Å². The third-order valence-electron chi connectivity index (χ3n) is 5.89. The molecular weight excluding hydrogens is 556 g/mol. The smallest absolute Gasteiger partial charge is 0.149 e. The van der Waals surface area contributed by atoms with Gasteiger partial charge in [-0.2, -0.15) is 0 Å². The molecule has 5 heteroatoms. The molecule has 2 aromatic rings. The first-order chi connectivity index (χ1) is 16.0. The lowest BCUT2D eigenvalue weighted by Gasteiger charge is -2.24. The zero-order chi connectivity index (χ0) is 25.6. The fourth-order valence-electron chi connectivity index (χ4n) is 4.23. The lowest BCUT2D eigenvalue weighted by molar-refractivity contribution is -0.121. The van der Waals surface area contributed by atoms with E-state index in [1.54, 1.807) is 0 Å². The molecule has 0 fully saturated rings. The van der Waals surface area contributed by atoms with E-state index in [9.17, 15) is 4.79 Å². The van der Waals surface area contributed by atoms with Gasteiger partial charge in [0.15, 0.2) is 0 Å². The molecule has 0 heterocycles. The van der Waals surface area contributed by atoms with Gasteiger partial charge < -0.3 is 9.47 Å². The fraction of sp³-hybridized carbons (Fsp3) is 0.552. The van der Waals surface area contributed by atoms with Gasteiger partial charge in [0.25, 0.3) is 0 Å². The van der Waals surface area contributed by atoms with E-state index in [2.05, 4.69) is 112 Å². The summed E-state index contributed by atoms with van der Waals surface area (Å²) in [5.41, 5.74) is 6.35. The average molecular weight is 596 g/mol. The quantitative estimate of drug-likeness (QED) is 0.232. The number of alkyl halides is 2. The fourth-order valence-corrected chi connectivity index (χ4v) is 5.61. The molecule has 2 aromatic carbocycles. The van der Waals surface area contributed by atoms with Crippen LogP contribution in [0.3, 0.4) is 0 Å². The van der Waals surface area contributed by atoms with Crippen molar-refractivity contribution < 1.29 is 14.3 Å². The second kappa shape index (κ2) is 13.1. The predicted molar refractivity (Wildman–Crippen MR) is 151 cm³/mol. The Morgan fingerprint density at radius 3 is 1.21 bits per heavy atom. The first-order valence-corrected chi connectivity index (χ1v) is 14.4. The van der Waals surface area contributed by atoms with Gasteiger partial charge in [0, 0.05) is 10.7 Å². The van der Waals surface area contributed by atoms with Crippen LogP contribution in [0.2, 0.25) is 0 Å². The van der Waals surface area contributed by atoms with Gasteiger partial charge in [-0.25, -0.2) is 0 Å². The molecule has 0 saturated carbocycles. The Labute approximate surface area is 223 Å². The summed E-state index contributed by atoms with van der Waals surface area (Å²) < 4.78 is 12.1. The second-order valence-electron chi connectivity index (χ2n) is 10.2. The molecule has 34 heavy (non-hydrogen) atoms. The summed E-state index contributed by atoms with van der Waals surface area (Å²) in [6, 6.07) is 8.43. The Hall–Kier alpha value is -1.33. The minimum absolute atomic E-state index is 0.207. The van der Waals surface area contributed by atoms with Crippen LogP contribution in [0.25, 0.3) is 0 Å². The van der Waals surface area contributed by atoms with E-state index in [0.29, 0.717) is 35.7 Å². The highest BCUT2D eigenvalue weighted by Crippen LogP contribution is 2.36. The van der Waals surface area contributed by atoms with Gasteiger partial charge in [-0.05, 0) is 72.9 Å². The Bertz CT molecular complexity index is 858. The van der Waals surface area contributed by atoms with Crippen LogP contribution < -0.4 is 9.47 Å². The van der Waals surface area contributed by atoms with Crippen molar-refractivity contribution in [1.29, 1.82) is 0 Å². The highest BCUT2D eigenvalue weighted by molar-refractivity contribution is 9.09. The molecule has 2 unspecified atom stereocenters. The van der Waals surface area contributed by atoms with Crippen LogP contribution in [0.15, 0.2) is 24.3 Å². The number of halogens is 2. The second-order valence-corrected chi connectivity index (χ2v) is 11.5. The number of carbonyl (C=O) groups is 1. The van der Waals surface area contributed by atoms with Crippen molar-refractivity contribution in [2.45, 2.75) is 67.2 Å². The molecule has 0 aromatic heterocycles. The normalized spacial score (nSPS) is 13.3. The summed E-state index contributed by atoms with van der Waals surface area (Å²) in [7, 11) is 0. The molecule has 0 aliphatic rings. The Balaban J connectivity index is 2.36. The largest absolute Gasteiger partial charge is 0.493 e. The van der Waals surface area contributed by atoms with Crippen molar-refractivity contribution in [3.05, 3.63) is 57.6 Å². The lowest BCUT2D eigenvalue weighted by atomic mass is 9.83. The van der Waals surface area contributed by atoms with Crippen LogP contribution in [-0.4, -0.2) is 29.7 Å². The SMILES string of the molecule is Cc1cc(C(CBr)C(=O)C(CBr)c2cc(C)c(OCC(C)C)c(C)c2)cc(C)c1OCC(C)C. The van der Waals surface area contributed by atoms with Crippen LogP contribution >= 0.6 is 31.9 Å². The number of Topliss-reactive ketones (excluding diaryl/α,β-unsaturated/α-hetero) is 1. The van der Waals surface area contributed by atoms with Crippen LogP contribution in [0.5, 0.6) is 11.5 Å². The molecule has 2 rings (SSSR count). The molecule has 0 radical (unpaired) electrons. The van der Waals surface area contributed by atoms with Crippen molar-refractivity contribution in [1.82, 2.24) is 0 Å². The molecule has 2 atom stereocenters. The van der Waals surface area contributed by atoms with E-state index in [1.165, 1.54) is 0 Å². The molecule has 3 nitrogen and oxygen atoms in total. The van der Waals surface area contributed by atoms with E-state index in [-0.39, 0.29) is 17.6 Å². The van der Waals surface area contributed by atoms with E-state index >= 15 is 0 Å². The molecule has 0 aliphatic carbocycles. The summed E-state index contributed by atoms with van der Waals surface area (Å²) >= 11 is 7.26. The van der Waals surface area contributed by atoms with E-state index in [0.717, 1.165) is 44.9 Å². The molecule has 0 saturated heterocycles. The number of ketones is 1. The third kappa shape index (κ3) is 7.34. The third-order valence-corrected chi connectivity index (χ3v) is 7.18. The summed E-state index contributed by atoms with van der Waals surface area (Å²) in [5, 5.41) is 1.15. The van der Waals surface area contributed by atoms with Gasteiger partial charge in [0.2, 0.25) is 0 Å². The summed E-state index contributed by atoms with van der Waals surface area (Å²) in [4.78, 5) is 13.8. The lowest BCUT2D eigenvalue weighted by Crippen LogP contribution is -2.23. The zero-order valence-electron chi connectivity index (χ0n) is 21.9. The van der Waals surface area contributed by atoms with Crippen molar-refractivity contribution in [2.75, 3.05) is 23.9 Å². The molecule has 0 aliphatic heterocycles. The van der Waals surface area contributed by atoms with Gasteiger partial charge in [-0.1, -0.05) is 83.8 Å². The average Bonchev–Trinajstić information content (AvgIpc) is 2.73. The monoisotopic (exact) mass is 594 g/mol. The highest BCUT2D eigenvalue weighted by atomic mass is 79.9. The highest BCUT2D eigenvalue weighted by Gasteiger charge is 2.30. The van der Waals surface area contributed by atoms with Crippen molar-refractivity contribution in [3.63, 3.8) is 0 Å². The summed E-state index contributed by atoms with van der Waals surface area (Å²) in [6.45, 7) is 18.2. The van der Waals surface area contributed by atoms with Gasteiger partial charge in [0.05, 0.1) is 25.0 Å². The topological polar surface area (TPSA) is 35.5 Å². The maximum Gasteiger partial charge on any atom is 0.149 e. The van der Waals surface area contributed by atoms with Crippen LogP contribution in [0.4, 0.5) is 0 Å². The first-order valence-electron chi connectivity index (χ1n) is 12.1. The first kappa shape index (κ1) is 28.9. The number of hydrogen-bond acceptors (Lipinski definition) is 3. The number of hydrogen-bond donors (Lipinski definition) is 0. The van der Waals surface area contributed by atoms with Gasteiger partial charge >= 0.3 is 0 Å². The number of benzene rings is 2. The molecule has 188 valence electrons. The summed E-state index contributed by atoms with van der Waals surface area (Å²) in [5.74, 6) is 2.51. The Morgan fingerprint density at radius 2 is 0.971 bits per heavy atom. The Morgan fingerprint density at radius 1 is 0.676 bits per heavy atom. The standard InChI is InChI=1S/C29H40Br2O3/c1-17(2)15-33-28-19(5)9-23(10-20(28)6)25(13-30)27(32)26(14-31)24-11-21(7)29(22(8)12-24)34-16-18(3)4/h9-12,17-18,25-26H,13-16H2,1-8H3. The maximum absolute atomic E-state index is 13.8. The minimum Gasteiger partial charge on any atom is -0.493 e. The van der Waals surface area contributed by atoms with Gasteiger partial charge in [-0.3, -0.25) is 4.79 Å². The van der Waals surface area contributed by atoms with Crippen LogP contribution in [-0.2, 0) is 4.79 Å². The minimum atomic E-state index is -0.239. The maximum atomic E-state index is 13.8. The number of aryl methyl sites for hydroxylation is 4. The van der Waals surface area contributed by atoms with Crippen molar-refractivity contribution >= 4 is 37.6 Å². The number of carbonyl (C=O) groups excluding carboxylic acids is 1. The molecular formula is C29H40Br2O3. The van der Waals surface area contributed by atoms with Crippen LogP contribution in [0.1, 0.15) is 72.9 Å². The van der Waals surface area contributed by atoms with E-state index in [1.807, 2.05) is 0 Å². The number of ether oxygens (including phenoxy) is 2. The van der Waals surface area contributed by atoms with Crippen molar-refractivity contribution in [2.24, 2.45) is 11.8 Å². The van der Waals surface area contributed by atoms with Crippen LogP contribution in [0, 0.1) is 39.5 Å². The zero-order valence-corrected chi connectivity index (χ0v) is 25.1. The molecule has 0 spiro atoms. The molecule has 0 bridgehead atoms. The molecule has 0 N–H and O–H groups in total. The number of rotatable bonds is 12. The van der Waals surface area contributed by atoms with Crippen molar-refractivity contribution in [3.8, 4) is 11.5 Å². The van der Waals surface area contributed by atoms with Gasteiger partial charge in [0.1, 0.15) is 17.3 Å².